The Kier molecular flexibility index (Phi) is 5.31. The molecule has 0 fully saturated rings. The van der Waals surface area contributed by atoms with Crippen LogP contribution in [0.1, 0.15) is 20.3 Å². The summed E-state index contributed by atoms with van der Waals surface area (Å²) >= 11 is 0. The van der Waals surface area contributed by atoms with Crippen molar-refractivity contribution in [2.75, 3.05) is 18.5 Å². The van der Waals surface area contributed by atoms with E-state index >= 15 is 0 Å². The van der Waals surface area contributed by atoms with E-state index in [1.165, 1.54) is 0 Å². The predicted molar refractivity (Wildman–Crippen MR) is 78.5 cm³/mol. The molecule has 1 N–H and O–H groups in total. The van der Waals surface area contributed by atoms with Gasteiger partial charge in [0, 0.05) is 6.54 Å². The molecule has 0 unspecified atom stereocenters. The van der Waals surface area contributed by atoms with E-state index in [0.717, 1.165) is 12.6 Å². The molecular formula is C15H18FN3O2. The highest BCUT2D eigenvalue weighted by molar-refractivity contribution is 5.42. The Labute approximate surface area is 123 Å². The molecule has 6 heteroatoms. The van der Waals surface area contributed by atoms with E-state index < -0.39 is 5.82 Å². The van der Waals surface area contributed by atoms with Crippen LogP contribution in [0, 0.1) is 5.82 Å². The van der Waals surface area contributed by atoms with Gasteiger partial charge in [-0.15, -0.1) is 0 Å². The quantitative estimate of drug-likeness (QED) is 0.844. The molecule has 0 saturated heterocycles. The van der Waals surface area contributed by atoms with Crippen LogP contribution in [0.3, 0.4) is 0 Å². The molecule has 5 nitrogen and oxygen atoms in total. The maximum atomic E-state index is 13.8. The Morgan fingerprint density at radius 2 is 1.95 bits per heavy atom. The van der Waals surface area contributed by atoms with Crippen molar-refractivity contribution < 1.29 is 13.9 Å². The van der Waals surface area contributed by atoms with Crippen LogP contribution in [-0.2, 0) is 0 Å². The molecule has 0 aliphatic heterocycles. The summed E-state index contributed by atoms with van der Waals surface area (Å²) in [6.45, 7) is 5.09. The topological polar surface area (TPSA) is 56.3 Å². The van der Waals surface area contributed by atoms with Gasteiger partial charge in [0.25, 0.3) is 5.88 Å². The third kappa shape index (κ3) is 4.05. The van der Waals surface area contributed by atoms with Crippen molar-refractivity contribution in [3.05, 3.63) is 36.3 Å². The molecule has 0 radical (unpaired) electrons. The second-order valence-electron chi connectivity index (χ2n) is 4.26. The van der Waals surface area contributed by atoms with Crippen molar-refractivity contribution in [1.82, 2.24) is 9.97 Å². The Balaban J connectivity index is 2.22. The van der Waals surface area contributed by atoms with Crippen molar-refractivity contribution in [2.45, 2.75) is 20.3 Å². The third-order valence-electron chi connectivity index (χ3n) is 2.60. The van der Waals surface area contributed by atoms with Gasteiger partial charge in [-0.3, -0.25) is 0 Å². The highest BCUT2D eigenvalue weighted by atomic mass is 19.1. The lowest BCUT2D eigenvalue weighted by molar-refractivity contribution is 0.316. The molecule has 0 amide bonds. The molecule has 21 heavy (non-hydrogen) atoms. The summed E-state index contributed by atoms with van der Waals surface area (Å²) in [7, 11) is 0. The lowest BCUT2D eigenvalue weighted by atomic mass is 10.3. The summed E-state index contributed by atoms with van der Waals surface area (Å²) in [4.78, 5) is 7.90. The molecular weight excluding hydrogens is 273 g/mol. The van der Waals surface area contributed by atoms with Crippen LogP contribution in [0.4, 0.5) is 10.3 Å². The average molecular weight is 291 g/mol. The molecule has 0 saturated carbocycles. The molecule has 1 aromatic carbocycles. The zero-order valence-electron chi connectivity index (χ0n) is 12.1. The fourth-order valence-corrected chi connectivity index (χ4v) is 1.66. The number of halogens is 1. The van der Waals surface area contributed by atoms with Crippen LogP contribution in [0.5, 0.6) is 17.4 Å². The molecule has 2 rings (SSSR count). The zero-order chi connectivity index (χ0) is 15.1. The minimum absolute atomic E-state index is 0.129. The second-order valence-corrected chi connectivity index (χ2v) is 4.26. The SMILES string of the molecule is CCCNc1ncc(F)c(Oc2ccccc2OCC)n1. The minimum Gasteiger partial charge on any atom is -0.490 e. The summed E-state index contributed by atoms with van der Waals surface area (Å²) in [5.74, 6) is 0.542. The molecule has 112 valence electrons. The lowest BCUT2D eigenvalue weighted by Gasteiger charge is -2.11. The van der Waals surface area contributed by atoms with Gasteiger partial charge >= 0.3 is 0 Å². The van der Waals surface area contributed by atoms with Crippen molar-refractivity contribution in [1.29, 1.82) is 0 Å². The van der Waals surface area contributed by atoms with E-state index in [9.17, 15) is 4.39 Å². The summed E-state index contributed by atoms with van der Waals surface area (Å²) < 4.78 is 24.7. The van der Waals surface area contributed by atoms with E-state index in [4.69, 9.17) is 9.47 Å². The first-order chi connectivity index (χ1) is 10.2. The van der Waals surface area contributed by atoms with Gasteiger partial charge in [-0.1, -0.05) is 19.1 Å². The number of nitrogens with zero attached hydrogens (tertiary/aromatic N) is 2. The van der Waals surface area contributed by atoms with Gasteiger partial charge in [0.15, 0.2) is 11.5 Å². The average Bonchev–Trinajstić information content (AvgIpc) is 2.50. The summed E-state index contributed by atoms with van der Waals surface area (Å²) in [5.41, 5.74) is 0. The van der Waals surface area contributed by atoms with Crippen LogP contribution < -0.4 is 14.8 Å². The molecule has 0 bridgehead atoms. The zero-order valence-corrected chi connectivity index (χ0v) is 12.1. The van der Waals surface area contributed by atoms with E-state index in [-0.39, 0.29) is 5.88 Å². The van der Waals surface area contributed by atoms with E-state index in [0.29, 0.717) is 30.6 Å². The normalized spacial score (nSPS) is 10.2. The maximum absolute atomic E-state index is 13.8. The summed E-state index contributed by atoms with van der Waals surface area (Å²) in [6, 6.07) is 7.06. The first kappa shape index (κ1) is 15.0. The Morgan fingerprint density at radius 1 is 1.19 bits per heavy atom. The van der Waals surface area contributed by atoms with Gasteiger partial charge in [0.1, 0.15) is 0 Å². The summed E-state index contributed by atoms with van der Waals surface area (Å²) in [5, 5.41) is 2.99. The first-order valence-corrected chi connectivity index (χ1v) is 6.90. The number of nitrogens with one attached hydrogen (secondary N) is 1. The van der Waals surface area contributed by atoms with Crippen LogP contribution in [0.25, 0.3) is 0 Å². The van der Waals surface area contributed by atoms with Gasteiger partial charge in [0.05, 0.1) is 12.8 Å². The molecule has 0 atom stereocenters. The standard InChI is InChI=1S/C15H18FN3O2/c1-3-9-17-15-18-10-11(16)14(19-15)21-13-8-6-5-7-12(13)20-4-2/h5-8,10H,3-4,9H2,1-2H3,(H,17,18,19). The van der Waals surface area contributed by atoms with E-state index in [1.807, 2.05) is 19.9 Å². The number of hydrogen-bond donors (Lipinski definition) is 1. The maximum Gasteiger partial charge on any atom is 0.261 e. The Hall–Kier alpha value is -2.37. The van der Waals surface area contributed by atoms with Crippen molar-refractivity contribution in [3.63, 3.8) is 0 Å². The van der Waals surface area contributed by atoms with Crippen molar-refractivity contribution >= 4 is 5.95 Å². The largest absolute Gasteiger partial charge is 0.490 e. The molecule has 1 heterocycles. The number of benzene rings is 1. The number of rotatable bonds is 7. The molecule has 1 aromatic heterocycles. The van der Waals surface area contributed by atoms with Crippen LogP contribution in [-0.4, -0.2) is 23.1 Å². The van der Waals surface area contributed by atoms with Crippen molar-refractivity contribution in [3.8, 4) is 17.4 Å². The van der Waals surface area contributed by atoms with Crippen LogP contribution in [0.2, 0.25) is 0 Å². The van der Waals surface area contributed by atoms with Crippen LogP contribution >= 0.6 is 0 Å². The number of aromatic nitrogens is 2. The number of anilines is 1. The van der Waals surface area contributed by atoms with Gasteiger partial charge in [-0.05, 0) is 25.5 Å². The predicted octanol–water partition coefficient (Wildman–Crippen LogP) is 3.63. The monoisotopic (exact) mass is 291 g/mol. The smallest absolute Gasteiger partial charge is 0.261 e. The molecule has 0 aliphatic carbocycles. The molecule has 2 aromatic rings. The highest BCUT2D eigenvalue weighted by Gasteiger charge is 2.12. The second kappa shape index (κ2) is 7.42. The number of ether oxygens (including phenoxy) is 2. The Bertz CT molecular complexity index is 593. The lowest BCUT2D eigenvalue weighted by Crippen LogP contribution is -2.06. The first-order valence-electron chi connectivity index (χ1n) is 6.90. The van der Waals surface area contributed by atoms with Gasteiger partial charge in [-0.25, -0.2) is 4.98 Å². The minimum atomic E-state index is -0.622. The Morgan fingerprint density at radius 3 is 2.67 bits per heavy atom. The third-order valence-corrected chi connectivity index (χ3v) is 2.60. The summed E-state index contributed by atoms with van der Waals surface area (Å²) in [6.07, 6.45) is 2.01. The molecule has 0 aliphatic rings. The van der Waals surface area contributed by atoms with Crippen LogP contribution in [0.15, 0.2) is 30.5 Å². The number of hydrogen-bond acceptors (Lipinski definition) is 5. The highest BCUT2D eigenvalue weighted by Crippen LogP contribution is 2.31. The van der Waals surface area contributed by atoms with Gasteiger partial charge < -0.3 is 14.8 Å². The van der Waals surface area contributed by atoms with Gasteiger partial charge in [0.2, 0.25) is 11.8 Å². The van der Waals surface area contributed by atoms with Crippen molar-refractivity contribution in [2.24, 2.45) is 0 Å². The fourth-order valence-electron chi connectivity index (χ4n) is 1.66. The van der Waals surface area contributed by atoms with Gasteiger partial charge in [-0.2, -0.15) is 9.37 Å². The fraction of sp³-hybridized carbons (Fsp3) is 0.333. The number of para-hydroxylation sites is 2. The van der Waals surface area contributed by atoms with E-state index in [2.05, 4.69) is 15.3 Å². The van der Waals surface area contributed by atoms with E-state index in [1.54, 1.807) is 18.2 Å². The molecule has 0 spiro atoms.